The number of halogens is 2. The lowest BCUT2D eigenvalue weighted by Gasteiger charge is -2.40. The monoisotopic (exact) mass is 379 g/mol. The summed E-state index contributed by atoms with van der Waals surface area (Å²) in [7, 11) is 0. The molecule has 0 spiro atoms. The quantitative estimate of drug-likeness (QED) is 0.546. The molecule has 1 aliphatic rings. The Labute approximate surface area is 96.4 Å². The Hall–Kier alpha value is 1.42. The maximum absolute atomic E-state index is 3.43. The molecule has 1 heterocycles. The zero-order valence-electron chi connectivity index (χ0n) is 7.03. The molecular weight excluding hydrogens is 364 g/mol. The van der Waals surface area contributed by atoms with Crippen molar-refractivity contribution in [3.8, 4) is 0 Å². The Morgan fingerprint density at radius 3 is 2.55 bits per heavy atom. The first kappa shape index (κ1) is 10.5. The lowest BCUT2D eigenvalue weighted by molar-refractivity contribution is 0.369. The van der Waals surface area contributed by atoms with Gasteiger partial charge in [0.2, 0.25) is 0 Å². The molecule has 1 nitrogen and oxygen atoms in total. The van der Waals surface area contributed by atoms with Gasteiger partial charge in [-0.2, -0.15) is 0 Å². The van der Waals surface area contributed by atoms with Gasteiger partial charge in [0.05, 0.1) is 0 Å². The Morgan fingerprint density at radius 2 is 2.18 bits per heavy atom. The SMILES string of the molecule is CC(C)C1(I)CCNCC1I. The Bertz CT molecular complexity index is 138. The van der Waals surface area contributed by atoms with Gasteiger partial charge in [-0.25, -0.2) is 0 Å². The second kappa shape index (κ2) is 4.09. The average molecular weight is 379 g/mol. The maximum atomic E-state index is 3.43. The maximum Gasteiger partial charge on any atom is 0.0387 e. The Morgan fingerprint density at radius 1 is 1.55 bits per heavy atom. The summed E-state index contributed by atoms with van der Waals surface area (Å²) in [6.07, 6.45) is 1.32. The van der Waals surface area contributed by atoms with E-state index >= 15 is 0 Å². The van der Waals surface area contributed by atoms with Gasteiger partial charge in [0.25, 0.3) is 0 Å². The molecule has 0 amide bonds. The third kappa shape index (κ3) is 2.21. The molecule has 0 aromatic rings. The van der Waals surface area contributed by atoms with E-state index in [0.29, 0.717) is 3.42 Å². The van der Waals surface area contributed by atoms with Crippen LogP contribution in [0.4, 0.5) is 0 Å². The third-order valence-corrected chi connectivity index (χ3v) is 7.77. The number of nitrogens with one attached hydrogen (secondary N) is 1. The summed E-state index contributed by atoms with van der Waals surface area (Å²) in [5.41, 5.74) is 0. The van der Waals surface area contributed by atoms with Crippen LogP contribution in [0.1, 0.15) is 20.3 Å². The number of hydrogen-bond acceptors (Lipinski definition) is 1. The highest BCUT2D eigenvalue weighted by atomic mass is 127. The number of rotatable bonds is 1. The number of piperidine rings is 1. The van der Waals surface area contributed by atoms with Crippen molar-refractivity contribution in [2.75, 3.05) is 13.1 Å². The zero-order chi connectivity index (χ0) is 8.48. The van der Waals surface area contributed by atoms with Gasteiger partial charge in [-0.3, -0.25) is 0 Å². The predicted octanol–water partition coefficient (Wildman–Crippen LogP) is 2.61. The van der Waals surface area contributed by atoms with Gasteiger partial charge in [0.1, 0.15) is 0 Å². The summed E-state index contributed by atoms with van der Waals surface area (Å²) in [4.78, 5) is 0. The van der Waals surface area contributed by atoms with Gasteiger partial charge in [-0.1, -0.05) is 59.0 Å². The highest BCUT2D eigenvalue weighted by Crippen LogP contribution is 2.40. The molecule has 0 aromatic heterocycles. The van der Waals surface area contributed by atoms with Crippen molar-refractivity contribution < 1.29 is 0 Å². The van der Waals surface area contributed by atoms with Gasteiger partial charge < -0.3 is 5.32 Å². The smallest absolute Gasteiger partial charge is 0.0387 e. The lowest BCUT2D eigenvalue weighted by Crippen LogP contribution is -2.49. The molecular formula is C8H15I2N. The van der Waals surface area contributed by atoms with Crippen LogP contribution in [0.5, 0.6) is 0 Å². The molecule has 0 bridgehead atoms. The van der Waals surface area contributed by atoms with E-state index in [0.717, 1.165) is 9.84 Å². The van der Waals surface area contributed by atoms with Crippen LogP contribution in [0.15, 0.2) is 0 Å². The summed E-state index contributed by atoms with van der Waals surface area (Å²) in [5, 5.41) is 3.43. The van der Waals surface area contributed by atoms with E-state index in [-0.39, 0.29) is 0 Å². The van der Waals surface area contributed by atoms with Crippen LogP contribution < -0.4 is 5.32 Å². The van der Waals surface area contributed by atoms with Crippen molar-refractivity contribution in [2.45, 2.75) is 27.6 Å². The largest absolute Gasteiger partial charge is 0.316 e. The van der Waals surface area contributed by atoms with E-state index in [4.69, 9.17) is 0 Å². The number of hydrogen-bond donors (Lipinski definition) is 1. The minimum atomic E-state index is 0.531. The molecule has 1 saturated heterocycles. The van der Waals surface area contributed by atoms with Gasteiger partial charge in [-0.15, -0.1) is 0 Å². The molecule has 66 valence electrons. The van der Waals surface area contributed by atoms with Crippen molar-refractivity contribution >= 4 is 45.2 Å². The lowest BCUT2D eigenvalue weighted by atomic mass is 9.87. The fraction of sp³-hybridized carbons (Fsp3) is 1.00. The minimum Gasteiger partial charge on any atom is -0.316 e. The molecule has 1 N–H and O–H groups in total. The summed E-state index contributed by atoms with van der Waals surface area (Å²) in [5.74, 6) is 0.798. The van der Waals surface area contributed by atoms with Crippen LogP contribution >= 0.6 is 45.2 Å². The van der Waals surface area contributed by atoms with Gasteiger partial charge in [0, 0.05) is 13.9 Å². The van der Waals surface area contributed by atoms with Crippen LogP contribution in [-0.4, -0.2) is 20.4 Å². The summed E-state index contributed by atoms with van der Waals surface area (Å²) in [6, 6.07) is 0. The summed E-state index contributed by atoms with van der Waals surface area (Å²) >= 11 is 5.24. The van der Waals surface area contributed by atoms with E-state index in [1.54, 1.807) is 0 Å². The normalized spacial score (nSPS) is 39.5. The molecule has 0 aliphatic carbocycles. The van der Waals surface area contributed by atoms with Crippen LogP contribution in [-0.2, 0) is 0 Å². The van der Waals surface area contributed by atoms with E-state index in [2.05, 4.69) is 64.3 Å². The first-order chi connectivity index (χ1) is 5.07. The second-order valence-electron chi connectivity index (χ2n) is 3.50. The molecule has 0 aromatic carbocycles. The fourth-order valence-corrected chi connectivity index (χ4v) is 3.32. The molecule has 0 radical (unpaired) electrons. The fourth-order valence-electron chi connectivity index (χ4n) is 1.49. The van der Waals surface area contributed by atoms with E-state index < -0.39 is 0 Å². The number of alkyl halides is 2. The van der Waals surface area contributed by atoms with Crippen LogP contribution in [0.2, 0.25) is 0 Å². The van der Waals surface area contributed by atoms with Gasteiger partial charge >= 0.3 is 0 Å². The zero-order valence-corrected chi connectivity index (χ0v) is 11.3. The molecule has 2 atom stereocenters. The van der Waals surface area contributed by atoms with Crippen LogP contribution in [0.25, 0.3) is 0 Å². The minimum absolute atomic E-state index is 0.531. The van der Waals surface area contributed by atoms with E-state index in [1.807, 2.05) is 0 Å². The first-order valence-electron chi connectivity index (χ1n) is 4.11. The third-order valence-electron chi connectivity index (χ3n) is 2.49. The molecule has 1 aliphatic heterocycles. The van der Waals surface area contributed by atoms with Gasteiger partial charge in [-0.05, 0) is 18.9 Å². The highest BCUT2D eigenvalue weighted by molar-refractivity contribution is 14.1. The standard InChI is InChI=1S/C8H15I2N/c1-6(2)8(10)3-4-11-5-7(8)9/h6-7,11H,3-5H2,1-2H3. The molecule has 1 rings (SSSR count). The van der Waals surface area contributed by atoms with E-state index in [1.165, 1.54) is 19.5 Å². The molecule has 11 heavy (non-hydrogen) atoms. The van der Waals surface area contributed by atoms with Crippen molar-refractivity contribution in [2.24, 2.45) is 5.92 Å². The van der Waals surface area contributed by atoms with Crippen molar-refractivity contribution in [3.63, 3.8) is 0 Å². The summed E-state index contributed by atoms with van der Waals surface area (Å²) in [6.45, 7) is 7.05. The highest BCUT2D eigenvalue weighted by Gasteiger charge is 2.39. The molecule has 2 unspecified atom stereocenters. The second-order valence-corrected chi connectivity index (χ2v) is 7.02. The predicted molar refractivity (Wildman–Crippen MR) is 66.9 cm³/mol. The Kier molecular flexibility index (Phi) is 3.90. The average Bonchev–Trinajstić information content (AvgIpc) is 1.95. The Balaban J connectivity index is 2.64. The van der Waals surface area contributed by atoms with Crippen LogP contribution in [0.3, 0.4) is 0 Å². The van der Waals surface area contributed by atoms with E-state index in [9.17, 15) is 0 Å². The molecule has 0 saturated carbocycles. The topological polar surface area (TPSA) is 12.0 Å². The van der Waals surface area contributed by atoms with Crippen molar-refractivity contribution in [1.29, 1.82) is 0 Å². The van der Waals surface area contributed by atoms with Crippen molar-refractivity contribution in [1.82, 2.24) is 5.32 Å². The molecule has 1 fully saturated rings. The van der Waals surface area contributed by atoms with Crippen LogP contribution in [0, 0.1) is 5.92 Å². The van der Waals surface area contributed by atoms with Crippen molar-refractivity contribution in [3.05, 3.63) is 0 Å². The van der Waals surface area contributed by atoms with Gasteiger partial charge in [0.15, 0.2) is 0 Å². The molecule has 3 heteroatoms. The first-order valence-corrected chi connectivity index (χ1v) is 6.43. The summed E-state index contributed by atoms with van der Waals surface area (Å²) < 4.78 is 1.32.